The first kappa shape index (κ1) is 18.9. The summed E-state index contributed by atoms with van der Waals surface area (Å²) in [6.07, 6.45) is 6.43. The summed E-state index contributed by atoms with van der Waals surface area (Å²) in [6, 6.07) is 8.68. The predicted molar refractivity (Wildman–Crippen MR) is 99.5 cm³/mol. The highest BCUT2D eigenvalue weighted by atomic mass is 127. The van der Waals surface area contributed by atoms with Crippen LogP contribution in [-0.2, 0) is 16.3 Å². The number of benzene rings is 1. The molecule has 4 heteroatoms. The molecule has 0 aromatic heterocycles. The summed E-state index contributed by atoms with van der Waals surface area (Å²) in [5.41, 5.74) is 1.39. The van der Waals surface area contributed by atoms with Crippen molar-refractivity contribution in [3.05, 3.63) is 33.4 Å². The molecule has 2 nitrogen and oxygen atoms in total. The van der Waals surface area contributed by atoms with Gasteiger partial charge in [-0.15, -0.1) is 0 Å². The summed E-state index contributed by atoms with van der Waals surface area (Å²) in [4.78, 5) is 0. The van der Waals surface area contributed by atoms with Crippen LogP contribution in [0, 0.1) is 3.57 Å². The van der Waals surface area contributed by atoms with Crippen molar-refractivity contribution in [3.8, 4) is 0 Å². The van der Waals surface area contributed by atoms with Gasteiger partial charge in [0.05, 0.1) is 10.5 Å². The summed E-state index contributed by atoms with van der Waals surface area (Å²) in [6.45, 7) is 5.34. The molecule has 0 bridgehead atoms. The van der Waals surface area contributed by atoms with E-state index in [2.05, 4.69) is 46.9 Å². The van der Waals surface area contributed by atoms with Gasteiger partial charge in [-0.05, 0) is 80.3 Å². The number of hydrogen-bond donors (Lipinski definition) is 0. The summed E-state index contributed by atoms with van der Waals surface area (Å²) >= 11 is 2.32. The summed E-state index contributed by atoms with van der Waals surface area (Å²) in [7, 11) is -2.94. The normalized spacial score (nSPS) is 12.6. The third kappa shape index (κ3) is 7.13. The number of aryl methyl sites for hydroxylation is 1. The van der Waals surface area contributed by atoms with E-state index in [-0.39, 0.29) is 0 Å². The SMILES string of the molecule is CC(C)(C)S(=O)(=O)CCCCCCCc1ccc(I)cc1. The van der Waals surface area contributed by atoms with E-state index in [1.807, 2.05) is 0 Å². The molecule has 1 aromatic carbocycles. The van der Waals surface area contributed by atoms with Crippen molar-refractivity contribution in [1.29, 1.82) is 0 Å². The maximum Gasteiger partial charge on any atom is 0.155 e. The van der Waals surface area contributed by atoms with Gasteiger partial charge in [-0.2, -0.15) is 0 Å². The van der Waals surface area contributed by atoms with Crippen LogP contribution in [0.1, 0.15) is 58.4 Å². The second-order valence-corrected chi connectivity index (χ2v) is 10.7. The van der Waals surface area contributed by atoms with E-state index in [1.165, 1.54) is 22.0 Å². The quantitative estimate of drug-likeness (QED) is 0.437. The predicted octanol–water partition coefficient (Wildman–Crippen LogP) is 5.00. The van der Waals surface area contributed by atoms with Crippen molar-refractivity contribution < 1.29 is 8.42 Å². The van der Waals surface area contributed by atoms with E-state index in [0.29, 0.717) is 5.75 Å². The van der Waals surface area contributed by atoms with Gasteiger partial charge in [-0.3, -0.25) is 0 Å². The maximum atomic E-state index is 12.0. The number of unbranched alkanes of at least 4 members (excludes halogenated alkanes) is 4. The zero-order valence-corrected chi connectivity index (χ0v) is 16.3. The summed E-state index contributed by atoms with van der Waals surface area (Å²) in [5, 5.41) is 0. The standard InChI is InChI=1S/C17H27IO2S/c1-17(2,3)21(19,20)14-8-6-4-5-7-9-15-10-12-16(18)13-11-15/h10-13H,4-9,14H2,1-3H3. The molecule has 0 atom stereocenters. The molecule has 1 aromatic rings. The lowest BCUT2D eigenvalue weighted by Gasteiger charge is -2.18. The Kier molecular flexibility index (Phi) is 7.68. The maximum absolute atomic E-state index is 12.0. The lowest BCUT2D eigenvalue weighted by Crippen LogP contribution is -2.30. The fourth-order valence-corrected chi connectivity index (χ4v) is 3.66. The minimum atomic E-state index is -2.94. The molecule has 21 heavy (non-hydrogen) atoms. The molecule has 0 amide bonds. The molecule has 0 unspecified atom stereocenters. The molecule has 0 aliphatic heterocycles. The first-order valence-corrected chi connectivity index (χ1v) is 10.4. The van der Waals surface area contributed by atoms with Gasteiger partial charge in [0.15, 0.2) is 9.84 Å². The minimum Gasteiger partial charge on any atom is -0.228 e. The minimum absolute atomic E-state index is 0.327. The van der Waals surface area contributed by atoms with Crippen LogP contribution >= 0.6 is 22.6 Å². The van der Waals surface area contributed by atoms with E-state index < -0.39 is 14.6 Å². The highest BCUT2D eigenvalue weighted by Gasteiger charge is 2.27. The molecule has 1 rings (SSSR count). The van der Waals surface area contributed by atoms with E-state index in [0.717, 1.165) is 25.7 Å². The number of sulfone groups is 1. The molecule has 120 valence electrons. The van der Waals surface area contributed by atoms with Crippen molar-refractivity contribution in [2.45, 2.75) is 64.0 Å². The third-order valence-corrected chi connectivity index (χ3v) is 7.14. The Labute approximate surface area is 143 Å². The van der Waals surface area contributed by atoms with E-state index in [4.69, 9.17) is 0 Å². The molecule has 0 fully saturated rings. The van der Waals surface area contributed by atoms with E-state index in [1.54, 1.807) is 20.8 Å². The zero-order chi connectivity index (χ0) is 15.9. The first-order chi connectivity index (χ1) is 9.72. The van der Waals surface area contributed by atoms with E-state index >= 15 is 0 Å². The van der Waals surface area contributed by atoms with Gasteiger partial charge >= 0.3 is 0 Å². The van der Waals surface area contributed by atoms with Gasteiger partial charge in [0.2, 0.25) is 0 Å². The Balaban J connectivity index is 2.12. The van der Waals surface area contributed by atoms with Gasteiger partial charge < -0.3 is 0 Å². The molecular weight excluding hydrogens is 395 g/mol. The van der Waals surface area contributed by atoms with Crippen LogP contribution in [0.3, 0.4) is 0 Å². The Hall–Kier alpha value is -0.100. The first-order valence-electron chi connectivity index (χ1n) is 7.69. The van der Waals surface area contributed by atoms with Crippen LogP contribution in [0.2, 0.25) is 0 Å². The van der Waals surface area contributed by atoms with Crippen LogP contribution in [0.15, 0.2) is 24.3 Å². The van der Waals surface area contributed by atoms with Crippen molar-refractivity contribution in [3.63, 3.8) is 0 Å². The van der Waals surface area contributed by atoms with Crippen LogP contribution in [-0.4, -0.2) is 18.9 Å². The number of hydrogen-bond acceptors (Lipinski definition) is 2. The second-order valence-electron chi connectivity index (χ2n) is 6.58. The molecule has 0 saturated carbocycles. The fraction of sp³-hybridized carbons (Fsp3) is 0.647. The number of rotatable bonds is 8. The van der Waals surface area contributed by atoms with Crippen LogP contribution < -0.4 is 0 Å². The third-order valence-electron chi connectivity index (χ3n) is 3.72. The van der Waals surface area contributed by atoms with E-state index in [9.17, 15) is 8.42 Å². The van der Waals surface area contributed by atoms with Crippen LogP contribution in [0.5, 0.6) is 0 Å². The Morgan fingerprint density at radius 2 is 1.43 bits per heavy atom. The van der Waals surface area contributed by atoms with Gasteiger partial charge in [-0.25, -0.2) is 8.42 Å². The molecule has 0 N–H and O–H groups in total. The van der Waals surface area contributed by atoms with Gasteiger partial charge in [0, 0.05) is 3.57 Å². The van der Waals surface area contributed by atoms with Crippen molar-refractivity contribution in [2.75, 3.05) is 5.75 Å². The zero-order valence-electron chi connectivity index (χ0n) is 13.4. The lowest BCUT2D eigenvalue weighted by molar-refractivity contribution is 0.552. The molecule has 0 heterocycles. The van der Waals surface area contributed by atoms with Gasteiger partial charge in [0.1, 0.15) is 0 Å². The average molecular weight is 422 g/mol. The largest absolute Gasteiger partial charge is 0.228 e. The monoisotopic (exact) mass is 422 g/mol. The van der Waals surface area contributed by atoms with Crippen molar-refractivity contribution >= 4 is 32.4 Å². The molecular formula is C17H27IO2S. The highest BCUT2D eigenvalue weighted by Crippen LogP contribution is 2.18. The topological polar surface area (TPSA) is 34.1 Å². The summed E-state index contributed by atoms with van der Waals surface area (Å²) < 4.78 is 24.6. The Morgan fingerprint density at radius 1 is 0.905 bits per heavy atom. The molecule has 0 aliphatic rings. The average Bonchev–Trinajstić information content (AvgIpc) is 2.38. The fourth-order valence-electron chi connectivity index (χ4n) is 2.11. The summed E-state index contributed by atoms with van der Waals surface area (Å²) in [5.74, 6) is 0.327. The Morgan fingerprint density at radius 3 is 2.00 bits per heavy atom. The van der Waals surface area contributed by atoms with Gasteiger partial charge in [0.25, 0.3) is 0 Å². The lowest BCUT2D eigenvalue weighted by atomic mass is 10.1. The molecule has 0 aliphatic carbocycles. The molecule has 0 spiro atoms. The van der Waals surface area contributed by atoms with Crippen LogP contribution in [0.4, 0.5) is 0 Å². The Bertz CT molecular complexity index is 513. The number of halogens is 1. The molecule has 0 radical (unpaired) electrons. The second kappa shape index (κ2) is 8.51. The smallest absolute Gasteiger partial charge is 0.155 e. The molecule has 0 saturated heterocycles. The van der Waals surface area contributed by atoms with Crippen molar-refractivity contribution in [2.24, 2.45) is 0 Å². The van der Waals surface area contributed by atoms with Crippen LogP contribution in [0.25, 0.3) is 0 Å². The van der Waals surface area contributed by atoms with Gasteiger partial charge in [-0.1, -0.05) is 31.4 Å². The van der Waals surface area contributed by atoms with Crippen molar-refractivity contribution in [1.82, 2.24) is 0 Å². The highest BCUT2D eigenvalue weighted by molar-refractivity contribution is 14.1.